The summed E-state index contributed by atoms with van der Waals surface area (Å²) < 4.78 is 53.2. The maximum absolute atomic E-state index is 16.4. The third kappa shape index (κ3) is 11.8. The number of benzene rings is 2. The number of anilines is 1. The number of fused-ring (bicyclic) bond motifs is 4. The van der Waals surface area contributed by atoms with Gasteiger partial charge in [-0.15, -0.1) is 9.69 Å². The van der Waals surface area contributed by atoms with Gasteiger partial charge in [-0.3, -0.25) is 48.0 Å². The molecule has 2 aromatic carbocycles. The molecule has 4 aromatic heterocycles. The zero-order valence-corrected chi connectivity index (χ0v) is 54.0. The van der Waals surface area contributed by atoms with Gasteiger partial charge in [0.15, 0.2) is 5.69 Å². The molecule has 2 aliphatic carbocycles. The number of likely N-dealkylation sites (N-methyl/N-ethyl adjacent to an activating group) is 1. The number of rotatable bonds is 16. The normalized spacial score (nSPS) is 23.9. The van der Waals surface area contributed by atoms with Crippen LogP contribution in [0.2, 0.25) is 0 Å². The molecule has 95 heavy (non-hydrogen) atoms. The second-order valence-corrected chi connectivity index (χ2v) is 28.0. The quantitative estimate of drug-likeness (QED) is 0.0834. The number of hydrogen-bond donors (Lipinski definition) is 3. The van der Waals surface area contributed by atoms with E-state index in [1.807, 2.05) is 31.5 Å². The Morgan fingerprint density at radius 1 is 0.800 bits per heavy atom. The highest BCUT2D eigenvalue weighted by Gasteiger charge is 2.78. The highest BCUT2D eigenvalue weighted by Crippen LogP contribution is 2.70. The molecule has 5 saturated heterocycles. The van der Waals surface area contributed by atoms with Gasteiger partial charge in [-0.25, -0.2) is 18.0 Å². The van der Waals surface area contributed by atoms with E-state index < -0.39 is 46.8 Å². The first-order valence-corrected chi connectivity index (χ1v) is 33.7. The van der Waals surface area contributed by atoms with Crippen LogP contribution >= 0.6 is 0 Å². The van der Waals surface area contributed by atoms with Crippen molar-refractivity contribution in [3.8, 4) is 11.1 Å². The van der Waals surface area contributed by atoms with Crippen LogP contribution in [-0.2, 0) is 57.7 Å². The maximum atomic E-state index is 16.4. The van der Waals surface area contributed by atoms with Crippen LogP contribution in [0.1, 0.15) is 123 Å². The first kappa shape index (κ1) is 63.8. The number of carbonyl (C=O) groups excluding carboxylic acids is 8. The van der Waals surface area contributed by atoms with Crippen molar-refractivity contribution in [1.82, 2.24) is 74.1 Å². The lowest BCUT2D eigenvalue weighted by atomic mass is 9.87. The van der Waals surface area contributed by atoms with Crippen molar-refractivity contribution in [3.63, 3.8) is 0 Å². The lowest BCUT2D eigenvalue weighted by Crippen LogP contribution is -2.65. The minimum Gasteiger partial charge on any atom is -0.468 e. The van der Waals surface area contributed by atoms with Crippen molar-refractivity contribution in [3.05, 3.63) is 77.4 Å². The van der Waals surface area contributed by atoms with Gasteiger partial charge in [-0.05, 0) is 101 Å². The highest BCUT2D eigenvalue weighted by atomic mass is 19.3. The summed E-state index contributed by atoms with van der Waals surface area (Å²) in [5.74, 6) is -5.94. The van der Waals surface area contributed by atoms with E-state index in [0.29, 0.717) is 152 Å². The number of hydrogen-bond acceptors (Lipinski definition) is 14. The summed E-state index contributed by atoms with van der Waals surface area (Å²) in [5, 5.41) is 27.8. The molecule has 0 radical (unpaired) electrons. The average Bonchev–Trinajstić information content (AvgIpc) is 1.51. The standard InChI is InChI=1S/C67H81F3N16O9/c1-66-32-51-49(31-54(66)67(66,69)70)62(76-75-51)63(92)74-45-34-72-83(37-45)46-15-25-82(26-16-46)65(94)43-13-23-81(24-14-43)64(93)42-11-19-79(20-12-42)36-40-9-21-80(22-10-40)56(88)7-8-58(90)86-27-17-41(18-28-86)61-60-47(48-30-53-44(29-50(48)68)33-73-85(53)86)5-4-6-52(60)84(77-61)39-57(89)78(2)38-55(87)71-35-59(91)95-3/h4-6,29-30,33-34,37,40-43,46,54H,7-28,31-32,35-36,38-39H2,1-3H3,(H2-,71,74,75,76,87,92)/p+1. The Morgan fingerprint density at radius 3 is 2.19 bits per heavy atom. The fraction of sp³-hybridized carbons (Fsp3) is 0.582. The van der Waals surface area contributed by atoms with Crippen LogP contribution in [0.5, 0.6) is 0 Å². The van der Waals surface area contributed by atoms with Gasteiger partial charge in [0.05, 0.1) is 55.4 Å². The molecule has 2 atom stereocenters. The Balaban J connectivity index is 0.515. The van der Waals surface area contributed by atoms with Gasteiger partial charge in [0, 0.05) is 141 Å². The van der Waals surface area contributed by atoms with Gasteiger partial charge in [-0.2, -0.15) is 15.3 Å². The fourth-order valence-corrected chi connectivity index (χ4v) is 16.6. The second-order valence-electron chi connectivity index (χ2n) is 28.0. The van der Waals surface area contributed by atoms with E-state index in [1.54, 1.807) is 47.1 Å². The summed E-state index contributed by atoms with van der Waals surface area (Å²) in [6.45, 7) is 7.45. The highest BCUT2D eigenvalue weighted by molar-refractivity contribution is 6.04. The summed E-state index contributed by atoms with van der Waals surface area (Å²) in [7, 11) is 2.70. The van der Waals surface area contributed by atoms with Crippen molar-refractivity contribution in [2.75, 3.05) is 105 Å². The number of likely N-dealkylation sites (tertiary alicyclic amines) is 4. The van der Waals surface area contributed by atoms with Gasteiger partial charge in [0.2, 0.25) is 29.5 Å². The smallest absolute Gasteiger partial charge is 0.340 e. The molecule has 25 nitrogen and oxygen atoms in total. The van der Waals surface area contributed by atoms with Gasteiger partial charge in [0.1, 0.15) is 37.5 Å². The number of nitrogens with one attached hydrogen (secondary N) is 3. The lowest BCUT2D eigenvalue weighted by molar-refractivity contribution is -0.144. The first-order valence-electron chi connectivity index (χ1n) is 33.7. The number of ether oxygens (including phenoxy) is 1. The number of methoxy groups -OCH3 is 1. The Labute approximate surface area is 546 Å². The molecule has 11 heterocycles. The Hall–Kier alpha value is -8.53. The van der Waals surface area contributed by atoms with Gasteiger partial charge in [0.25, 0.3) is 11.8 Å². The summed E-state index contributed by atoms with van der Waals surface area (Å²) in [6.07, 6.45) is 12.2. The summed E-state index contributed by atoms with van der Waals surface area (Å²) in [6, 6.07) is 8.66. The van der Waals surface area contributed by atoms with E-state index in [4.69, 9.17) is 10.2 Å². The zero-order valence-electron chi connectivity index (χ0n) is 54.0. The van der Waals surface area contributed by atoms with Crippen molar-refractivity contribution in [2.45, 2.75) is 121 Å². The molecular formula is C67H82F3N16O9+. The largest absolute Gasteiger partial charge is 0.468 e. The maximum Gasteiger partial charge on any atom is 0.340 e. The van der Waals surface area contributed by atoms with Crippen LogP contribution in [0, 0.1) is 34.9 Å². The van der Waals surface area contributed by atoms with E-state index in [1.165, 1.54) is 25.1 Å². The number of amides is 7. The molecular weight excluding hydrogens is 1230 g/mol. The minimum absolute atomic E-state index is 0.00461. The van der Waals surface area contributed by atoms with E-state index in [-0.39, 0.29) is 103 Å². The molecule has 1 saturated carbocycles. The Morgan fingerprint density at radius 2 is 1.48 bits per heavy atom. The number of H-pyrrole nitrogens is 1. The van der Waals surface area contributed by atoms with Crippen LogP contribution in [-0.4, -0.2) is 217 Å². The first-order chi connectivity index (χ1) is 45.7. The molecule has 7 aliphatic heterocycles. The lowest BCUT2D eigenvalue weighted by Gasteiger charge is -2.40. The third-order valence-electron chi connectivity index (χ3n) is 22.5. The average molecular weight is 1310 g/mol. The molecule has 15 rings (SSSR count). The number of piperidine rings is 5. The SMILES string of the molecule is COC(=O)CNC(=O)CN(C)C(=O)Cn1nc2c3c(cccc31)-c1cc3c(cnn3[N+]3(C(=O)CCC(=O)N4CCC(CN5CCC(C(=O)N6CCC(C(=O)N7CCC(n8cc(NC(=O)c9n[nH]c%10c9CC9C(F)(F)C9(C)C%10)cn8)CC7)CC6)CC5)CC4)CCC2CC3)cc1F. The molecule has 504 valence electrons. The molecule has 0 spiro atoms. The fourth-order valence-electron chi connectivity index (χ4n) is 16.6. The molecule has 4 bridgehead atoms. The Bertz CT molecular complexity index is 4030. The Kier molecular flexibility index (Phi) is 17.0. The summed E-state index contributed by atoms with van der Waals surface area (Å²) >= 11 is 0. The zero-order chi connectivity index (χ0) is 66.2. The van der Waals surface area contributed by atoms with Crippen LogP contribution in [0.3, 0.4) is 0 Å². The van der Waals surface area contributed by atoms with Crippen molar-refractivity contribution < 1.29 is 56.3 Å². The van der Waals surface area contributed by atoms with Crippen LogP contribution in [0.25, 0.3) is 32.9 Å². The number of carbonyl (C=O) groups is 8. The molecule has 9 aliphatic rings. The van der Waals surface area contributed by atoms with Crippen LogP contribution < -0.4 is 15.2 Å². The summed E-state index contributed by atoms with van der Waals surface area (Å²) in [5.41, 5.74) is 3.45. The molecule has 3 N–H and O–H groups in total. The third-order valence-corrected chi connectivity index (χ3v) is 22.5. The molecule has 6 fully saturated rings. The predicted molar refractivity (Wildman–Crippen MR) is 340 cm³/mol. The van der Waals surface area contributed by atoms with Crippen molar-refractivity contribution >= 4 is 74.8 Å². The topological polar surface area (TPSA) is 268 Å². The number of halogens is 3. The molecule has 6 aromatic rings. The van der Waals surface area contributed by atoms with Crippen LogP contribution in [0.4, 0.5) is 18.9 Å². The molecule has 28 heteroatoms. The number of quaternary nitrogens is 1. The van der Waals surface area contributed by atoms with Gasteiger partial charge >= 0.3 is 11.9 Å². The van der Waals surface area contributed by atoms with Crippen molar-refractivity contribution in [1.29, 1.82) is 0 Å². The number of aromatic amines is 1. The number of esters is 1. The van der Waals surface area contributed by atoms with E-state index in [0.717, 1.165) is 45.3 Å². The minimum atomic E-state index is -2.76. The van der Waals surface area contributed by atoms with Crippen molar-refractivity contribution in [2.24, 2.45) is 29.1 Å². The van der Waals surface area contributed by atoms with E-state index in [2.05, 4.69) is 35.6 Å². The molecule has 7 amide bonds. The molecule has 2 unspecified atom stereocenters. The predicted octanol–water partition coefficient (Wildman–Crippen LogP) is 5.17. The van der Waals surface area contributed by atoms with Gasteiger partial charge in [-0.1, -0.05) is 23.8 Å². The monoisotopic (exact) mass is 1310 g/mol. The summed E-state index contributed by atoms with van der Waals surface area (Å²) in [4.78, 5) is 119. The number of aromatic nitrogens is 8. The van der Waals surface area contributed by atoms with E-state index in [9.17, 15) is 47.1 Å². The van der Waals surface area contributed by atoms with Crippen LogP contribution in [0.15, 0.2) is 48.9 Å². The number of nitrogens with zero attached hydrogens (tertiary/aromatic N) is 13. The second kappa shape index (κ2) is 25.2. The van der Waals surface area contributed by atoms with E-state index >= 15 is 4.39 Å². The van der Waals surface area contributed by atoms with Gasteiger partial charge < -0.3 is 39.9 Å². The number of alkyl halides is 2.